The first kappa shape index (κ1) is 22.1. The topological polar surface area (TPSA) is 56.1 Å². The molecule has 0 bridgehead atoms. The van der Waals surface area contributed by atoms with E-state index in [1.165, 1.54) is 12.1 Å². The van der Waals surface area contributed by atoms with E-state index < -0.39 is 22.9 Å². The molecule has 1 N–H and O–H groups in total. The molecular weight excluding hydrogens is 452 g/mol. The number of nitrogens with one attached hydrogen (secondary N) is 1. The molecule has 0 aliphatic carbocycles. The molecule has 4 aromatic rings. The fourth-order valence-corrected chi connectivity index (χ4v) is 3.61. The predicted octanol–water partition coefficient (Wildman–Crippen LogP) is 5.59. The number of amides is 1. The van der Waals surface area contributed by atoms with Gasteiger partial charge in [-0.05, 0) is 55.0 Å². The fourth-order valence-electron chi connectivity index (χ4n) is 3.48. The summed E-state index contributed by atoms with van der Waals surface area (Å²) < 4.78 is 21.3. The van der Waals surface area contributed by atoms with Gasteiger partial charge in [0, 0.05) is 5.39 Å². The number of carbonyl (C=O) groups excluding carboxylic acids is 1. The summed E-state index contributed by atoms with van der Waals surface area (Å²) in [6, 6.07) is 20.9. The number of hydrogen-bond donors (Lipinski definition) is 1. The zero-order valence-corrected chi connectivity index (χ0v) is 18.6. The number of halogens is 3. The highest BCUT2D eigenvalue weighted by atomic mass is 35.5. The Kier molecular flexibility index (Phi) is 6.63. The van der Waals surface area contributed by atoms with Gasteiger partial charge in [0.2, 0.25) is 0 Å². The summed E-state index contributed by atoms with van der Waals surface area (Å²) in [6.45, 7) is 1.83. The molecule has 164 valence electrons. The Morgan fingerprint density at radius 3 is 2.47 bits per heavy atom. The summed E-state index contributed by atoms with van der Waals surface area (Å²) in [5, 5.41) is 8.07. The van der Waals surface area contributed by atoms with E-state index in [1.54, 1.807) is 23.0 Å². The number of hydrogen-bond acceptors (Lipinski definition) is 3. The predicted molar refractivity (Wildman–Crippen MR) is 124 cm³/mol. The van der Waals surface area contributed by atoms with Crippen LogP contribution in [0.2, 0.25) is 0 Å². The molecule has 8 heteroatoms. The van der Waals surface area contributed by atoms with Gasteiger partial charge in [-0.1, -0.05) is 53.5 Å². The average molecular weight is 472 g/mol. The van der Waals surface area contributed by atoms with Gasteiger partial charge in [0.25, 0.3) is 5.91 Å². The molecule has 3 aromatic carbocycles. The zero-order chi connectivity index (χ0) is 22.7. The summed E-state index contributed by atoms with van der Waals surface area (Å²) in [5.41, 5.74) is 2.50. The third-order valence-electron chi connectivity index (χ3n) is 5.02. The van der Waals surface area contributed by atoms with Crippen molar-refractivity contribution in [1.29, 1.82) is 0 Å². The highest BCUT2D eigenvalue weighted by Gasteiger charge is 2.25. The molecule has 5 nitrogen and oxygen atoms in total. The highest BCUT2D eigenvalue weighted by Crippen LogP contribution is 2.29. The first-order valence-electron chi connectivity index (χ1n) is 9.96. The highest BCUT2D eigenvalue weighted by molar-refractivity contribution is 6.53. The Morgan fingerprint density at radius 2 is 1.78 bits per heavy atom. The van der Waals surface area contributed by atoms with Crippen molar-refractivity contribution in [2.75, 3.05) is 0 Å². The lowest BCUT2D eigenvalue weighted by Crippen LogP contribution is -2.41. The Morgan fingerprint density at radius 1 is 1.06 bits per heavy atom. The summed E-state index contributed by atoms with van der Waals surface area (Å²) in [6.07, 6.45) is 1.25. The lowest BCUT2D eigenvalue weighted by Gasteiger charge is -2.26. The minimum absolute atomic E-state index is 0.302. The van der Waals surface area contributed by atoms with Gasteiger partial charge in [-0.2, -0.15) is 5.10 Å². The molecule has 1 aromatic heterocycles. The maximum atomic E-state index is 13.3. The van der Waals surface area contributed by atoms with Gasteiger partial charge in [-0.15, -0.1) is 0 Å². The van der Waals surface area contributed by atoms with Crippen molar-refractivity contribution < 1.29 is 13.9 Å². The maximum Gasteiger partial charge on any atom is 0.253 e. The van der Waals surface area contributed by atoms with Crippen LogP contribution in [0.5, 0.6) is 5.75 Å². The minimum Gasteiger partial charge on any atom is -0.484 e. The molecule has 0 saturated heterocycles. The minimum atomic E-state index is -1.16. The Balaban J connectivity index is 1.62. The van der Waals surface area contributed by atoms with E-state index in [0.717, 1.165) is 22.2 Å². The molecule has 0 aliphatic rings. The van der Waals surface area contributed by atoms with Gasteiger partial charge in [-0.3, -0.25) is 4.79 Å². The van der Waals surface area contributed by atoms with Crippen molar-refractivity contribution in [1.82, 2.24) is 15.1 Å². The van der Waals surface area contributed by atoms with Crippen molar-refractivity contribution in [2.24, 2.45) is 0 Å². The van der Waals surface area contributed by atoms with Crippen LogP contribution >= 0.6 is 23.2 Å². The monoisotopic (exact) mass is 471 g/mol. The van der Waals surface area contributed by atoms with Crippen LogP contribution in [0.4, 0.5) is 4.39 Å². The Labute approximate surface area is 194 Å². The van der Waals surface area contributed by atoms with E-state index in [4.69, 9.17) is 27.9 Å². The van der Waals surface area contributed by atoms with E-state index in [2.05, 4.69) is 10.4 Å². The molecular formula is C24H20Cl2FN3O2. The molecule has 0 radical (unpaired) electrons. The third-order valence-corrected chi connectivity index (χ3v) is 5.42. The Bertz CT molecular complexity index is 1210. The molecule has 0 spiro atoms. The number of alkyl halides is 2. The zero-order valence-electron chi connectivity index (χ0n) is 17.1. The molecule has 1 heterocycles. The standard InChI is InChI=1S/C24H20Cl2FN3O2/c1-15(29-24(31)23(25)26)22(16-5-3-2-4-6-16)32-20-11-12-21-17(13-20)14-28-30(21)19-9-7-18(27)8-10-19/h2-15,22-23H,1H3,(H,29,31). The number of nitrogens with zero attached hydrogens (tertiary/aromatic N) is 2. The van der Waals surface area contributed by atoms with Crippen LogP contribution in [0.15, 0.2) is 79.0 Å². The normalized spacial score (nSPS) is 13.2. The lowest BCUT2D eigenvalue weighted by molar-refractivity contribution is -0.120. The number of rotatable bonds is 7. The fraction of sp³-hybridized carbons (Fsp3) is 0.167. The van der Waals surface area contributed by atoms with Crippen LogP contribution in [0.25, 0.3) is 16.6 Å². The number of aromatic nitrogens is 2. The maximum absolute atomic E-state index is 13.3. The number of fused-ring (bicyclic) bond motifs is 1. The first-order chi connectivity index (χ1) is 15.4. The van der Waals surface area contributed by atoms with Crippen molar-refractivity contribution >= 4 is 40.0 Å². The van der Waals surface area contributed by atoms with Crippen LogP contribution in [0.1, 0.15) is 18.6 Å². The molecule has 32 heavy (non-hydrogen) atoms. The average Bonchev–Trinajstić information content (AvgIpc) is 3.21. The van der Waals surface area contributed by atoms with Gasteiger partial charge in [0.05, 0.1) is 23.4 Å². The second-order valence-electron chi connectivity index (χ2n) is 7.30. The van der Waals surface area contributed by atoms with E-state index in [0.29, 0.717) is 5.75 Å². The van der Waals surface area contributed by atoms with Crippen LogP contribution in [-0.2, 0) is 4.79 Å². The van der Waals surface area contributed by atoms with E-state index in [9.17, 15) is 9.18 Å². The van der Waals surface area contributed by atoms with Crippen molar-refractivity contribution in [3.63, 3.8) is 0 Å². The third kappa shape index (κ3) is 4.87. The second-order valence-corrected chi connectivity index (χ2v) is 8.40. The summed E-state index contributed by atoms with van der Waals surface area (Å²) >= 11 is 11.4. The Hall–Kier alpha value is -3.09. The van der Waals surface area contributed by atoms with Gasteiger partial charge in [0.1, 0.15) is 17.7 Å². The van der Waals surface area contributed by atoms with Gasteiger partial charge in [-0.25, -0.2) is 9.07 Å². The van der Waals surface area contributed by atoms with Crippen LogP contribution in [0, 0.1) is 5.82 Å². The quantitative estimate of drug-likeness (QED) is 0.357. The van der Waals surface area contributed by atoms with Gasteiger partial charge < -0.3 is 10.1 Å². The van der Waals surface area contributed by atoms with E-state index in [-0.39, 0.29) is 5.82 Å². The SMILES string of the molecule is CC(NC(=O)C(Cl)Cl)C(Oc1ccc2c(cnn2-c2ccc(F)cc2)c1)c1ccccc1. The second kappa shape index (κ2) is 9.59. The summed E-state index contributed by atoms with van der Waals surface area (Å²) in [5.74, 6) is -0.176. The van der Waals surface area contributed by atoms with Crippen LogP contribution < -0.4 is 10.1 Å². The number of carbonyl (C=O) groups is 1. The molecule has 1 amide bonds. The van der Waals surface area contributed by atoms with Gasteiger partial charge >= 0.3 is 0 Å². The smallest absolute Gasteiger partial charge is 0.253 e. The van der Waals surface area contributed by atoms with Gasteiger partial charge in [0.15, 0.2) is 4.84 Å². The van der Waals surface area contributed by atoms with Crippen LogP contribution in [0.3, 0.4) is 0 Å². The van der Waals surface area contributed by atoms with Crippen molar-refractivity contribution in [3.8, 4) is 11.4 Å². The summed E-state index contributed by atoms with van der Waals surface area (Å²) in [7, 11) is 0. The molecule has 2 unspecified atom stereocenters. The first-order valence-corrected chi connectivity index (χ1v) is 10.8. The van der Waals surface area contributed by atoms with E-state index in [1.807, 2.05) is 55.5 Å². The number of ether oxygens (including phenoxy) is 1. The van der Waals surface area contributed by atoms with Crippen LogP contribution in [-0.4, -0.2) is 26.6 Å². The number of benzene rings is 3. The summed E-state index contributed by atoms with van der Waals surface area (Å²) in [4.78, 5) is 10.8. The molecule has 0 fully saturated rings. The van der Waals surface area contributed by atoms with Crippen molar-refractivity contribution in [2.45, 2.75) is 23.9 Å². The lowest BCUT2D eigenvalue weighted by atomic mass is 10.0. The largest absolute Gasteiger partial charge is 0.484 e. The van der Waals surface area contributed by atoms with E-state index >= 15 is 0 Å². The molecule has 0 saturated carbocycles. The molecule has 0 aliphatic heterocycles. The van der Waals surface area contributed by atoms with Crippen molar-refractivity contribution in [3.05, 3.63) is 90.4 Å². The molecule has 2 atom stereocenters. The molecule has 4 rings (SSSR count).